The second-order valence-electron chi connectivity index (χ2n) is 6.17. The highest BCUT2D eigenvalue weighted by atomic mass is 15.2. The molecule has 0 radical (unpaired) electrons. The molecule has 0 bridgehead atoms. The molecule has 2 rings (SSSR count). The van der Waals surface area contributed by atoms with E-state index in [2.05, 4.69) is 24.1 Å². The first-order chi connectivity index (χ1) is 8.29. The van der Waals surface area contributed by atoms with Crippen LogP contribution in [0.4, 0.5) is 0 Å². The van der Waals surface area contributed by atoms with Crippen molar-refractivity contribution in [3.63, 3.8) is 0 Å². The van der Waals surface area contributed by atoms with Crippen LogP contribution in [-0.4, -0.2) is 37.1 Å². The van der Waals surface area contributed by atoms with Gasteiger partial charge in [-0.2, -0.15) is 0 Å². The Bertz CT molecular complexity index is 205. The van der Waals surface area contributed by atoms with Crippen LogP contribution in [0.3, 0.4) is 0 Å². The minimum atomic E-state index is 0.706. The lowest BCUT2D eigenvalue weighted by atomic mass is 10.0. The summed E-state index contributed by atoms with van der Waals surface area (Å²) in [6.07, 6.45) is 8.66. The fourth-order valence-electron chi connectivity index (χ4n) is 3.75. The molecule has 3 unspecified atom stereocenters. The zero-order chi connectivity index (χ0) is 12.1. The van der Waals surface area contributed by atoms with Crippen LogP contribution >= 0.6 is 0 Å². The van der Waals surface area contributed by atoms with E-state index in [1.165, 1.54) is 58.2 Å². The molecule has 0 aromatic carbocycles. The Morgan fingerprint density at radius 3 is 2.53 bits per heavy atom. The molecule has 2 nitrogen and oxygen atoms in total. The number of hydrogen-bond donors (Lipinski definition) is 1. The summed E-state index contributed by atoms with van der Waals surface area (Å²) in [7, 11) is 0. The number of hydrogen-bond acceptors (Lipinski definition) is 2. The van der Waals surface area contributed by atoms with E-state index in [-0.39, 0.29) is 0 Å². The lowest BCUT2D eigenvalue weighted by Gasteiger charge is -2.17. The Labute approximate surface area is 107 Å². The van der Waals surface area contributed by atoms with Crippen LogP contribution in [0.5, 0.6) is 0 Å². The van der Waals surface area contributed by atoms with E-state index in [9.17, 15) is 0 Å². The summed E-state index contributed by atoms with van der Waals surface area (Å²) in [6, 6.07) is 0.706. The van der Waals surface area contributed by atoms with Crippen molar-refractivity contribution in [2.24, 2.45) is 11.8 Å². The van der Waals surface area contributed by atoms with Gasteiger partial charge < -0.3 is 10.2 Å². The summed E-state index contributed by atoms with van der Waals surface area (Å²) < 4.78 is 0. The Morgan fingerprint density at radius 2 is 1.88 bits per heavy atom. The standard InChI is InChI=1S/C15H30N2/c1-3-16-13(2)7-4-5-10-17-11-14-8-6-9-15(14)12-17/h13-16H,3-12H2,1-2H3. The van der Waals surface area contributed by atoms with E-state index in [1.54, 1.807) is 0 Å². The second-order valence-corrected chi connectivity index (χ2v) is 6.17. The third kappa shape index (κ3) is 3.96. The maximum absolute atomic E-state index is 3.49. The van der Waals surface area contributed by atoms with Crippen LogP contribution in [-0.2, 0) is 0 Å². The van der Waals surface area contributed by atoms with Crippen molar-refractivity contribution in [3.05, 3.63) is 0 Å². The number of fused-ring (bicyclic) bond motifs is 1. The monoisotopic (exact) mass is 238 g/mol. The van der Waals surface area contributed by atoms with E-state index < -0.39 is 0 Å². The van der Waals surface area contributed by atoms with Crippen LogP contribution in [0.1, 0.15) is 52.4 Å². The molecule has 2 heteroatoms. The molecule has 1 aliphatic carbocycles. The van der Waals surface area contributed by atoms with Crippen LogP contribution in [0.15, 0.2) is 0 Å². The molecule has 1 saturated heterocycles. The second kappa shape index (κ2) is 6.75. The van der Waals surface area contributed by atoms with Gasteiger partial charge in [0.2, 0.25) is 0 Å². The highest BCUT2D eigenvalue weighted by molar-refractivity contribution is 4.88. The Hall–Kier alpha value is -0.0800. The fourth-order valence-corrected chi connectivity index (χ4v) is 3.75. The molecular formula is C15H30N2. The zero-order valence-electron chi connectivity index (χ0n) is 11.8. The highest BCUT2D eigenvalue weighted by Gasteiger charge is 2.35. The molecule has 0 spiro atoms. The molecule has 1 heterocycles. The van der Waals surface area contributed by atoms with Crippen LogP contribution < -0.4 is 5.32 Å². The van der Waals surface area contributed by atoms with E-state index in [0.29, 0.717) is 6.04 Å². The van der Waals surface area contributed by atoms with Crippen molar-refractivity contribution in [2.75, 3.05) is 26.2 Å². The third-order valence-electron chi connectivity index (χ3n) is 4.72. The van der Waals surface area contributed by atoms with Crippen molar-refractivity contribution < 1.29 is 0 Å². The summed E-state index contributed by atoms with van der Waals surface area (Å²) in [5.41, 5.74) is 0. The number of rotatable bonds is 7. The topological polar surface area (TPSA) is 15.3 Å². The number of likely N-dealkylation sites (tertiary alicyclic amines) is 1. The minimum absolute atomic E-state index is 0.706. The average Bonchev–Trinajstić information content (AvgIpc) is 2.85. The molecule has 1 aliphatic heterocycles. The van der Waals surface area contributed by atoms with Crippen molar-refractivity contribution in [3.8, 4) is 0 Å². The molecular weight excluding hydrogens is 208 g/mol. The first-order valence-electron chi connectivity index (χ1n) is 7.75. The predicted octanol–water partition coefficient (Wildman–Crippen LogP) is 2.89. The molecule has 3 atom stereocenters. The van der Waals surface area contributed by atoms with E-state index >= 15 is 0 Å². The number of nitrogens with zero attached hydrogens (tertiary/aromatic N) is 1. The van der Waals surface area contributed by atoms with Gasteiger partial charge in [-0.25, -0.2) is 0 Å². The zero-order valence-corrected chi connectivity index (χ0v) is 11.8. The smallest absolute Gasteiger partial charge is 0.00386 e. The Kier molecular flexibility index (Phi) is 5.30. The maximum Gasteiger partial charge on any atom is 0.00386 e. The van der Waals surface area contributed by atoms with Gasteiger partial charge in [0.25, 0.3) is 0 Å². The lowest BCUT2D eigenvalue weighted by Crippen LogP contribution is -2.26. The summed E-state index contributed by atoms with van der Waals surface area (Å²) >= 11 is 0. The summed E-state index contributed by atoms with van der Waals surface area (Å²) in [5, 5.41) is 3.49. The predicted molar refractivity (Wildman–Crippen MR) is 74.3 cm³/mol. The van der Waals surface area contributed by atoms with Crippen molar-refractivity contribution in [2.45, 2.75) is 58.4 Å². The molecule has 1 N–H and O–H groups in total. The van der Waals surface area contributed by atoms with Gasteiger partial charge in [-0.1, -0.05) is 19.8 Å². The van der Waals surface area contributed by atoms with Crippen LogP contribution in [0, 0.1) is 11.8 Å². The molecule has 1 saturated carbocycles. The first-order valence-corrected chi connectivity index (χ1v) is 7.75. The minimum Gasteiger partial charge on any atom is -0.315 e. The van der Waals surface area contributed by atoms with Crippen LogP contribution in [0.2, 0.25) is 0 Å². The van der Waals surface area contributed by atoms with Gasteiger partial charge >= 0.3 is 0 Å². The number of nitrogens with one attached hydrogen (secondary N) is 1. The molecule has 0 amide bonds. The molecule has 100 valence electrons. The largest absolute Gasteiger partial charge is 0.315 e. The fraction of sp³-hybridized carbons (Fsp3) is 1.00. The van der Waals surface area contributed by atoms with Crippen molar-refractivity contribution in [1.29, 1.82) is 0 Å². The van der Waals surface area contributed by atoms with Gasteiger partial charge in [0.05, 0.1) is 0 Å². The van der Waals surface area contributed by atoms with E-state index in [4.69, 9.17) is 0 Å². The van der Waals surface area contributed by atoms with Crippen molar-refractivity contribution in [1.82, 2.24) is 10.2 Å². The number of unbranched alkanes of at least 4 members (excludes halogenated alkanes) is 1. The summed E-state index contributed by atoms with van der Waals surface area (Å²) in [4.78, 5) is 2.73. The van der Waals surface area contributed by atoms with Gasteiger partial charge in [-0.15, -0.1) is 0 Å². The van der Waals surface area contributed by atoms with Gasteiger partial charge in [0, 0.05) is 19.1 Å². The van der Waals surface area contributed by atoms with Gasteiger partial charge in [-0.05, 0) is 57.5 Å². The van der Waals surface area contributed by atoms with Crippen molar-refractivity contribution >= 4 is 0 Å². The van der Waals surface area contributed by atoms with E-state index in [0.717, 1.165) is 18.4 Å². The SMILES string of the molecule is CCNC(C)CCCCN1CC2CCCC2C1. The Morgan fingerprint density at radius 1 is 1.18 bits per heavy atom. The molecule has 2 fully saturated rings. The van der Waals surface area contributed by atoms with Crippen LogP contribution in [0.25, 0.3) is 0 Å². The Balaban J connectivity index is 1.51. The summed E-state index contributed by atoms with van der Waals surface area (Å²) in [5.74, 6) is 2.13. The molecule has 17 heavy (non-hydrogen) atoms. The highest BCUT2D eigenvalue weighted by Crippen LogP contribution is 2.37. The molecule has 2 aliphatic rings. The van der Waals surface area contributed by atoms with E-state index in [1.807, 2.05) is 0 Å². The third-order valence-corrected chi connectivity index (χ3v) is 4.72. The van der Waals surface area contributed by atoms with Gasteiger partial charge in [0.1, 0.15) is 0 Å². The first kappa shape index (κ1) is 13.4. The normalized spacial score (nSPS) is 30.7. The lowest BCUT2D eigenvalue weighted by molar-refractivity contribution is 0.300. The average molecular weight is 238 g/mol. The molecule has 0 aromatic heterocycles. The molecule has 0 aromatic rings. The quantitative estimate of drug-likeness (QED) is 0.686. The summed E-state index contributed by atoms with van der Waals surface area (Å²) in [6.45, 7) is 9.78. The van der Waals surface area contributed by atoms with Gasteiger partial charge in [0.15, 0.2) is 0 Å². The maximum atomic E-state index is 3.49. The van der Waals surface area contributed by atoms with Gasteiger partial charge in [-0.3, -0.25) is 0 Å².